The monoisotopic (exact) mass is 276 g/mol. The first-order valence-electron chi connectivity index (χ1n) is 6.89. The summed E-state index contributed by atoms with van der Waals surface area (Å²) in [6, 6.07) is 5.95. The quantitative estimate of drug-likeness (QED) is 0.578. The lowest BCUT2D eigenvalue weighted by molar-refractivity contribution is -0.155. The highest BCUT2D eigenvalue weighted by Crippen LogP contribution is 2.18. The lowest BCUT2D eigenvalue weighted by Gasteiger charge is -2.19. The van der Waals surface area contributed by atoms with Crippen LogP contribution in [0.3, 0.4) is 0 Å². The van der Waals surface area contributed by atoms with Gasteiger partial charge < -0.3 is 9.47 Å². The largest absolute Gasteiger partial charge is 0.494 e. The number of ether oxygens (including phenoxy) is 2. The van der Waals surface area contributed by atoms with E-state index in [9.17, 15) is 4.79 Å². The van der Waals surface area contributed by atoms with Gasteiger partial charge >= 0.3 is 5.97 Å². The predicted octanol–water partition coefficient (Wildman–Crippen LogP) is 4.14. The van der Waals surface area contributed by atoms with Crippen LogP contribution in [0.4, 0.5) is 0 Å². The molecular formula is C17H24O3. The normalized spacial score (nSPS) is 11.0. The van der Waals surface area contributed by atoms with E-state index in [2.05, 4.69) is 6.58 Å². The van der Waals surface area contributed by atoms with Crippen molar-refractivity contribution in [2.45, 2.75) is 46.1 Å². The Hall–Kier alpha value is -1.77. The molecule has 0 atom stereocenters. The molecule has 20 heavy (non-hydrogen) atoms. The van der Waals surface area contributed by atoms with Crippen molar-refractivity contribution in [1.29, 1.82) is 0 Å². The highest BCUT2D eigenvalue weighted by atomic mass is 16.6. The molecular weight excluding hydrogens is 252 g/mol. The van der Waals surface area contributed by atoms with Crippen LogP contribution in [0.5, 0.6) is 5.75 Å². The zero-order chi connectivity index (χ0) is 15.2. The molecule has 0 unspecified atom stereocenters. The van der Waals surface area contributed by atoms with Crippen LogP contribution in [0, 0.1) is 6.92 Å². The standard InChI is InChI=1S/C17H24O3/c1-6-14-10-13(2)11-15(12-14)19-9-7-8-16(18)20-17(3,4)5/h6,10-12H,1,7-9H2,2-5H3. The first-order valence-corrected chi connectivity index (χ1v) is 6.89. The zero-order valence-corrected chi connectivity index (χ0v) is 12.9. The Morgan fingerprint density at radius 2 is 2.00 bits per heavy atom. The van der Waals surface area contributed by atoms with E-state index in [1.807, 2.05) is 45.9 Å². The molecule has 0 fully saturated rings. The van der Waals surface area contributed by atoms with Gasteiger partial charge in [-0.2, -0.15) is 0 Å². The van der Waals surface area contributed by atoms with Crippen molar-refractivity contribution in [2.24, 2.45) is 0 Å². The number of benzene rings is 1. The fraction of sp³-hybridized carbons (Fsp3) is 0.471. The van der Waals surface area contributed by atoms with E-state index in [0.717, 1.165) is 16.9 Å². The van der Waals surface area contributed by atoms with Crippen molar-refractivity contribution >= 4 is 12.0 Å². The predicted molar refractivity (Wildman–Crippen MR) is 81.8 cm³/mol. The summed E-state index contributed by atoms with van der Waals surface area (Å²) in [5.74, 6) is 0.626. The summed E-state index contributed by atoms with van der Waals surface area (Å²) in [4.78, 5) is 11.5. The maximum Gasteiger partial charge on any atom is 0.306 e. The van der Waals surface area contributed by atoms with Crippen molar-refractivity contribution in [3.05, 3.63) is 35.9 Å². The number of rotatable bonds is 6. The van der Waals surface area contributed by atoms with Gasteiger partial charge in [-0.1, -0.05) is 18.7 Å². The van der Waals surface area contributed by atoms with Crippen LogP contribution < -0.4 is 4.74 Å². The summed E-state index contributed by atoms with van der Waals surface area (Å²) >= 11 is 0. The zero-order valence-electron chi connectivity index (χ0n) is 12.9. The van der Waals surface area contributed by atoms with E-state index in [1.54, 1.807) is 6.08 Å². The van der Waals surface area contributed by atoms with Crippen molar-refractivity contribution in [3.63, 3.8) is 0 Å². The summed E-state index contributed by atoms with van der Waals surface area (Å²) in [7, 11) is 0. The SMILES string of the molecule is C=Cc1cc(C)cc(OCCCC(=O)OC(C)(C)C)c1. The number of hydrogen-bond acceptors (Lipinski definition) is 3. The Bertz CT molecular complexity index is 470. The third-order valence-corrected chi connectivity index (χ3v) is 2.52. The smallest absolute Gasteiger partial charge is 0.306 e. The second-order valence-electron chi connectivity index (χ2n) is 5.82. The minimum Gasteiger partial charge on any atom is -0.494 e. The maximum absolute atomic E-state index is 11.5. The molecule has 1 rings (SSSR count). The third-order valence-electron chi connectivity index (χ3n) is 2.52. The molecule has 0 aliphatic rings. The first-order chi connectivity index (χ1) is 9.30. The Balaban J connectivity index is 2.36. The Labute approximate surface area is 121 Å². The number of hydrogen-bond donors (Lipinski definition) is 0. The van der Waals surface area contributed by atoms with Crippen molar-refractivity contribution in [2.75, 3.05) is 6.61 Å². The van der Waals surface area contributed by atoms with Gasteiger partial charge in [0.25, 0.3) is 0 Å². The highest BCUT2D eigenvalue weighted by Gasteiger charge is 2.15. The number of aryl methyl sites for hydroxylation is 1. The van der Waals surface area contributed by atoms with Gasteiger partial charge in [-0.15, -0.1) is 0 Å². The summed E-state index contributed by atoms with van der Waals surface area (Å²) in [5, 5.41) is 0. The summed E-state index contributed by atoms with van der Waals surface area (Å²) in [6.45, 7) is 11.9. The lowest BCUT2D eigenvalue weighted by Crippen LogP contribution is -2.23. The summed E-state index contributed by atoms with van der Waals surface area (Å²) in [5.41, 5.74) is 1.74. The van der Waals surface area contributed by atoms with Gasteiger partial charge in [0.15, 0.2) is 0 Å². The number of carbonyl (C=O) groups is 1. The molecule has 0 N–H and O–H groups in total. The summed E-state index contributed by atoms with van der Waals surface area (Å²) in [6.07, 6.45) is 2.81. The molecule has 0 amide bonds. The van der Waals surface area contributed by atoms with Gasteiger partial charge in [0.1, 0.15) is 11.4 Å². The van der Waals surface area contributed by atoms with Crippen LogP contribution in [-0.2, 0) is 9.53 Å². The van der Waals surface area contributed by atoms with Gasteiger partial charge in [-0.05, 0) is 57.4 Å². The van der Waals surface area contributed by atoms with Gasteiger partial charge in [-0.3, -0.25) is 4.79 Å². The summed E-state index contributed by atoms with van der Waals surface area (Å²) < 4.78 is 10.9. The molecule has 1 aromatic carbocycles. The molecule has 0 radical (unpaired) electrons. The van der Waals surface area contributed by atoms with Crippen LogP contribution in [-0.4, -0.2) is 18.2 Å². The minimum atomic E-state index is -0.423. The fourth-order valence-electron chi connectivity index (χ4n) is 1.78. The average molecular weight is 276 g/mol. The highest BCUT2D eigenvalue weighted by molar-refractivity contribution is 5.69. The minimum absolute atomic E-state index is 0.183. The molecule has 0 bridgehead atoms. The van der Waals surface area contributed by atoms with Crippen molar-refractivity contribution in [3.8, 4) is 5.75 Å². The molecule has 0 aliphatic carbocycles. The number of esters is 1. The van der Waals surface area contributed by atoms with E-state index in [1.165, 1.54) is 0 Å². The van der Waals surface area contributed by atoms with E-state index in [-0.39, 0.29) is 5.97 Å². The Kier molecular flexibility index (Phi) is 5.81. The molecule has 0 aromatic heterocycles. The van der Waals surface area contributed by atoms with Crippen molar-refractivity contribution < 1.29 is 14.3 Å². The molecule has 0 aliphatic heterocycles. The fourth-order valence-corrected chi connectivity index (χ4v) is 1.78. The second-order valence-corrected chi connectivity index (χ2v) is 5.82. The molecule has 3 heteroatoms. The van der Waals surface area contributed by atoms with Gasteiger partial charge in [0.2, 0.25) is 0 Å². The molecule has 0 spiro atoms. The molecule has 110 valence electrons. The van der Waals surface area contributed by atoms with E-state index in [0.29, 0.717) is 19.4 Å². The van der Waals surface area contributed by atoms with Gasteiger partial charge in [0.05, 0.1) is 6.61 Å². The average Bonchev–Trinajstić information content (AvgIpc) is 2.32. The van der Waals surface area contributed by atoms with E-state index >= 15 is 0 Å². The first kappa shape index (κ1) is 16.3. The number of carbonyl (C=O) groups excluding carboxylic acids is 1. The topological polar surface area (TPSA) is 35.5 Å². The maximum atomic E-state index is 11.5. The Morgan fingerprint density at radius 3 is 2.60 bits per heavy atom. The van der Waals surface area contributed by atoms with E-state index in [4.69, 9.17) is 9.47 Å². The van der Waals surface area contributed by atoms with Gasteiger partial charge in [0, 0.05) is 6.42 Å². The van der Waals surface area contributed by atoms with Crippen molar-refractivity contribution in [1.82, 2.24) is 0 Å². The lowest BCUT2D eigenvalue weighted by atomic mass is 10.1. The molecule has 3 nitrogen and oxygen atoms in total. The van der Waals surface area contributed by atoms with Crippen LogP contribution in [0.25, 0.3) is 6.08 Å². The second kappa shape index (κ2) is 7.13. The van der Waals surface area contributed by atoms with Gasteiger partial charge in [-0.25, -0.2) is 0 Å². The molecule has 0 heterocycles. The third kappa shape index (κ3) is 6.41. The van der Waals surface area contributed by atoms with Crippen LogP contribution in [0.15, 0.2) is 24.8 Å². The molecule has 1 aromatic rings. The molecule has 0 saturated carbocycles. The Morgan fingerprint density at radius 1 is 1.30 bits per heavy atom. The van der Waals surface area contributed by atoms with Crippen LogP contribution >= 0.6 is 0 Å². The van der Waals surface area contributed by atoms with Crippen LogP contribution in [0.1, 0.15) is 44.7 Å². The van der Waals surface area contributed by atoms with E-state index < -0.39 is 5.60 Å². The molecule has 0 saturated heterocycles. The van der Waals surface area contributed by atoms with Crippen LogP contribution in [0.2, 0.25) is 0 Å².